The number of aliphatic carboxylic acids is 1. The molecule has 1 heterocycles. The number of carbonyl (C=O) groups excluding carboxylic acids is 1. The van der Waals surface area contributed by atoms with Crippen molar-refractivity contribution in [3.8, 4) is 0 Å². The van der Waals surface area contributed by atoms with E-state index in [1.54, 1.807) is 18.3 Å². The second kappa shape index (κ2) is 7.33. The van der Waals surface area contributed by atoms with Gasteiger partial charge in [-0.3, -0.25) is 14.6 Å². The maximum Gasteiger partial charge on any atom is 0.320 e. The first-order chi connectivity index (χ1) is 10.6. The smallest absolute Gasteiger partial charge is 0.320 e. The average molecular weight is 299 g/mol. The largest absolute Gasteiger partial charge is 0.480 e. The molecule has 4 N–H and O–H groups in total. The number of rotatable bonds is 6. The van der Waals surface area contributed by atoms with Crippen molar-refractivity contribution in [3.63, 3.8) is 0 Å². The highest BCUT2D eigenvalue weighted by atomic mass is 16.4. The Bertz CT molecular complexity index is 641. The van der Waals surface area contributed by atoms with Crippen molar-refractivity contribution in [3.05, 3.63) is 65.5 Å². The van der Waals surface area contributed by atoms with Crippen molar-refractivity contribution in [2.45, 2.75) is 19.0 Å². The molecule has 6 heteroatoms. The number of nitrogens with two attached hydrogens (primary N) is 1. The van der Waals surface area contributed by atoms with Gasteiger partial charge in [-0.1, -0.05) is 24.3 Å². The summed E-state index contributed by atoms with van der Waals surface area (Å²) in [5.41, 5.74) is 7.76. The van der Waals surface area contributed by atoms with Gasteiger partial charge in [0.1, 0.15) is 6.04 Å². The fourth-order valence-corrected chi connectivity index (χ4v) is 1.92. The molecule has 2 aromatic rings. The lowest BCUT2D eigenvalue weighted by molar-refractivity contribution is -0.138. The molecule has 1 atom stereocenters. The van der Waals surface area contributed by atoms with Gasteiger partial charge in [-0.25, -0.2) is 0 Å². The Kier molecular flexibility index (Phi) is 5.21. The van der Waals surface area contributed by atoms with Crippen LogP contribution in [0.2, 0.25) is 0 Å². The highest BCUT2D eigenvalue weighted by molar-refractivity contribution is 5.93. The van der Waals surface area contributed by atoms with E-state index in [2.05, 4.69) is 10.3 Å². The van der Waals surface area contributed by atoms with Crippen LogP contribution in [0.1, 0.15) is 21.5 Å². The summed E-state index contributed by atoms with van der Waals surface area (Å²) in [6, 6.07) is 9.80. The lowest BCUT2D eigenvalue weighted by Gasteiger charge is -2.08. The Labute approximate surface area is 128 Å². The summed E-state index contributed by atoms with van der Waals surface area (Å²) in [6.45, 7) is 0.388. The summed E-state index contributed by atoms with van der Waals surface area (Å²) in [5.74, 6) is -1.21. The summed E-state index contributed by atoms with van der Waals surface area (Å²) in [6.07, 6.45) is 3.39. The van der Waals surface area contributed by atoms with Crippen LogP contribution in [0.4, 0.5) is 0 Å². The first-order valence-corrected chi connectivity index (χ1v) is 6.80. The Morgan fingerprint density at radius 2 is 1.86 bits per heavy atom. The Morgan fingerprint density at radius 3 is 2.45 bits per heavy atom. The molecule has 114 valence electrons. The average Bonchev–Trinajstić information content (AvgIpc) is 2.54. The van der Waals surface area contributed by atoms with E-state index in [-0.39, 0.29) is 12.3 Å². The number of nitrogens with zero attached hydrogens (tertiary/aromatic N) is 1. The lowest BCUT2D eigenvalue weighted by atomic mass is 10.0. The molecule has 0 radical (unpaired) electrons. The van der Waals surface area contributed by atoms with E-state index in [9.17, 15) is 9.59 Å². The van der Waals surface area contributed by atoms with Crippen molar-refractivity contribution in [2.24, 2.45) is 5.73 Å². The van der Waals surface area contributed by atoms with Crippen molar-refractivity contribution in [1.29, 1.82) is 0 Å². The molecule has 0 saturated carbocycles. The van der Waals surface area contributed by atoms with Crippen molar-refractivity contribution < 1.29 is 14.7 Å². The van der Waals surface area contributed by atoms with E-state index in [0.717, 1.165) is 11.1 Å². The molecule has 6 nitrogen and oxygen atoms in total. The minimum Gasteiger partial charge on any atom is -0.480 e. The molecule has 0 bridgehead atoms. The third kappa shape index (κ3) is 4.39. The summed E-state index contributed by atoms with van der Waals surface area (Å²) < 4.78 is 0. The summed E-state index contributed by atoms with van der Waals surface area (Å²) in [5, 5.41) is 11.6. The maximum absolute atomic E-state index is 11.9. The Morgan fingerprint density at radius 1 is 1.18 bits per heavy atom. The van der Waals surface area contributed by atoms with Gasteiger partial charge in [-0.05, 0) is 29.7 Å². The van der Waals surface area contributed by atoms with Crippen molar-refractivity contribution in [1.82, 2.24) is 10.3 Å². The van der Waals surface area contributed by atoms with E-state index in [1.807, 2.05) is 24.3 Å². The highest BCUT2D eigenvalue weighted by Gasteiger charge is 2.11. The third-order valence-electron chi connectivity index (χ3n) is 3.17. The number of carboxylic acids is 1. The number of nitrogens with one attached hydrogen (secondary N) is 1. The second-order valence-electron chi connectivity index (χ2n) is 4.89. The fraction of sp³-hybridized carbons (Fsp3) is 0.188. The predicted molar refractivity (Wildman–Crippen MR) is 81.2 cm³/mol. The van der Waals surface area contributed by atoms with E-state index >= 15 is 0 Å². The number of amides is 1. The van der Waals surface area contributed by atoms with Crippen LogP contribution in [0.15, 0.2) is 48.8 Å². The molecule has 0 aliphatic carbocycles. The molecule has 0 aliphatic rings. The van der Waals surface area contributed by atoms with Crippen LogP contribution in [0.3, 0.4) is 0 Å². The zero-order chi connectivity index (χ0) is 15.9. The number of pyridine rings is 1. The van der Waals surface area contributed by atoms with Crippen molar-refractivity contribution >= 4 is 11.9 Å². The zero-order valence-electron chi connectivity index (χ0n) is 11.9. The first-order valence-electron chi connectivity index (χ1n) is 6.80. The minimum absolute atomic E-state index is 0.190. The molecular formula is C16H17N3O3. The van der Waals surface area contributed by atoms with Crippen molar-refractivity contribution in [2.75, 3.05) is 0 Å². The van der Waals surface area contributed by atoms with Gasteiger partial charge in [0.25, 0.3) is 5.91 Å². The molecule has 0 unspecified atom stereocenters. The van der Waals surface area contributed by atoms with Crippen LogP contribution in [-0.2, 0) is 17.8 Å². The van der Waals surface area contributed by atoms with E-state index in [4.69, 9.17) is 10.8 Å². The number of benzene rings is 1. The van der Waals surface area contributed by atoms with E-state index < -0.39 is 12.0 Å². The molecule has 0 saturated heterocycles. The first kappa shape index (κ1) is 15.7. The molecule has 0 fully saturated rings. The predicted octanol–water partition coefficient (Wildman–Crippen LogP) is 0.966. The van der Waals surface area contributed by atoms with Gasteiger partial charge in [-0.15, -0.1) is 0 Å². The summed E-state index contributed by atoms with van der Waals surface area (Å²) in [4.78, 5) is 26.5. The second-order valence-corrected chi connectivity index (χ2v) is 4.89. The summed E-state index contributed by atoms with van der Waals surface area (Å²) in [7, 11) is 0. The molecule has 0 aliphatic heterocycles. The minimum atomic E-state index is -1.02. The standard InChI is InChI=1S/C16H17N3O3/c17-14(16(21)22)8-11-3-5-12(6-4-11)9-19-15(20)13-2-1-7-18-10-13/h1-7,10,14H,8-9,17H2,(H,19,20)(H,21,22)/t14-/m0/s1. The van der Waals surface area contributed by atoms with Crippen LogP contribution in [0.5, 0.6) is 0 Å². The maximum atomic E-state index is 11.9. The zero-order valence-corrected chi connectivity index (χ0v) is 11.9. The van der Waals surface area contributed by atoms with E-state index in [0.29, 0.717) is 12.1 Å². The SMILES string of the molecule is N[C@@H](Cc1ccc(CNC(=O)c2cccnc2)cc1)C(=O)O. The molecule has 0 spiro atoms. The van der Waals surface area contributed by atoms with Gasteiger partial charge in [0.05, 0.1) is 5.56 Å². The third-order valence-corrected chi connectivity index (χ3v) is 3.17. The van der Waals surface area contributed by atoms with Gasteiger partial charge >= 0.3 is 5.97 Å². The van der Waals surface area contributed by atoms with Crippen LogP contribution < -0.4 is 11.1 Å². The molecule has 22 heavy (non-hydrogen) atoms. The Hall–Kier alpha value is -2.73. The Balaban J connectivity index is 1.89. The quantitative estimate of drug-likeness (QED) is 0.737. The van der Waals surface area contributed by atoms with Crippen LogP contribution in [-0.4, -0.2) is 28.0 Å². The normalized spacial score (nSPS) is 11.7. The fourth-order valence-electron chi connectivity index (χ4n) is 1.92. The molecule has 1 aromatic heterocycles. The molecule has 1 aromatic carbocycles. The van der Waals surface area contributed by atoms with Gasteiger partial charge in [-0.2, -0.15) is 0 Å². The number of hydrogen-bond donors (Lipinski definition) is 3. The lowest BCUT2D eigenvalue weighted by Crippen LogP contribution is -2.32. The molecule has 1 amide bonds. The number of carboxylic acid groups (broad SMARTS) is 1. The van der Waals surface area contributed by atoms with Crippen LogP contribution in [0.25, 0.3) is 0 Å². The monoisotopic (exact) mass is 299 g/mol. The molecule has 2 rings (SSSR count). The van der Waals surface area contributed by atoms with E-state index in [1.165, 1.54) is 6.20 Å². The molecular weight excluding hydrogens is 282 g/mol. The topological polar surface area (TPSA) is 105 Å². The van der Waals surface area contributed by atoms with Crippen LogP contribution in [0, 0.1) is 0 Å². The van der Waals surface area contributed by atoms with Gasteiger partial charge in [0.15, 0.2) is 0 Å². The van der Waals surface area contributed by atoms with Gasteiger partial charge in [0, 0.05) is 18.9 Å². The van der Waals surface area contributed by atoms with Gasteiger partial charge < -0.3 is 16.2 Å². The number of aromatic nitrogens is 1. The number of hydrogen-bond acceptors (Lipinski definition) is 4. The highest BCUT2D eigenvalue weighted by Crippen LogP contribution is 2.07. The summed E-state index contributed by atoms with van der Waals surface area (Å²) >= 11 is 0. The van der Waals surface area contributed by atoms with Crippen LogP contribution >= 0.6 is 0 Å². The number of carbonyl (C=O) groups is 2. The van der Waals surface area contributed by atoms with Gasteiger partial charge in [0.2, 0.25) is 0 Å².